The molecular formula is C21H13ClFN3OS. The molecule has 1 aromatic heterocycles. The van der Waals surface area contributed by atoms with Crippen molar-refractivity contribution in [3.8, 4) is 23.4 Å². The van der Waals surface area contributed by atoms with Gasteiger partial charge >= 0.3 is 0 Å². The number of aliphatic hydroxyl groups is 1. The number of rotatable bonds is 5. The lowest BCUT2D eigenvalue weighted by Crippen LogP contribution is -2.03. The van der Waals surface area contributed by atoms with Crippen molar-refractivity contribution in [1.29, 1.82) is 10.5 Å². The molecule has 0 saturated heterocycles. The number of allylic oxidation sites excluding steroid dienone is 1. The highest BCUT2D eigenvalue weighted by Gasteiger charge is 2.18. The molecule has 2 aromatic carbocycles. The third kappa shape index (κ3) is 4.20. The van der Waals surface area contributed by atoms with E-state index in [-0.39, 0.29) is 23.6 Å². The average molecular weight is 410 g/mol. The van der Waals surface area contributed by atoms with Crippen molar-refractivity contribution < 1.29 is 9.50 Å². The second kappa shape index (κ2) is 8.67. The second-order valence-electron chi connectivity index (χ2n) is 5.84. The molecule has 138 valence electrons. The molecule has 0 amide bonds. The van der Waals surface area contributed by atoms with Crippen molar-refractivity contribution >= 4 is 34.3 Å². The van der Waals surface area contributed by atoms with E-state index >= 15 is 0 Å². The fraction of sp³-hybridized carbons (Fsp3) is 0.0952. The van der Waals surface area contributed by atoms with Gasteiger partial charge in [0.05, 0.1) is 11.8 Å². The summed E-state index contributed by atoms with van der Waals surface area (Å²) >= 11 is 7.13. The molecule has 0 bridgehead atoms. The fourth-order valence-corrected chi connectivity index (χ4v) is 3.64. The summed E-state index contributed by atoms with van der Waals surface area (Å²) in [5.41, 5.74) is 2.40. The van der Waals surface area contributed by atoms with E-state index in [1.807, 2.05) is 12.1 Å². The molecule has 0 aliphatic carbocycles. The topological polar surface area (TPSA) is 80.7 Å². The molecule has 1 atom stereocenters. The second-order valence-corrected chi connectivity index (χ2v) is 7.22. The first-order valence-electron chi connectivity index (χ1n) is 8.20. The zero-order valence-electron chi connectivity index (χ0n) is 14.4. The van der Waals surface area contributed by atoms with Gasteiger partial charge in [-0.2, -0.15) is 10.5 Å². The molecule has 4 nitrogen and oxygen atoms in total. The molecular weight excluding hydrogens is 397 g/mol. The van der Waals surface area contributed by atoms with Crippen molar-refractivity contribution in [3.05, 3.63) is 75.9 Å². The fourth-order valence-electron chi connectivity index (χ4n) is 2.65. The third-order valence-corrected chi connectivity index (χ3v) is 5.13. The minimum absolute atomic E-state index is 0.0221. The van der Waals surface area contributed by atoms with Crippen LogP contribution in [0.15, 0.2) is 53.9 Å². The van der Waals surface area contributed by atoms with Crippen molar-refractivity contribution in [2.45, 2.75) is 11.8 Å². The number of hydrogen-bond acceptors (Lipinski definition) is 5. The van der Waals surface area contributed by atoms with E-state index in [0.717, 1.165) is 0 Å². The highest BCUT2D eigenvalue weighted by molar-refractivity contribution is 7.11. The Hall–Kier alpha value is -3.19. The number of hydrogen-bond donors (Lipinski definition) is 1. The minimum Gasteiger partial charge on any atom is -0.506 e. The Balaban J connectivity index is 2.02. The molecule has 1 unspecified atom stereocenters. The van der Waals surface area contributed by atoms with E-state index in [0.29, 0.717) is 27.4 Å². The van der Waals surface area contributed by atoms with Gasteiger partial charge in [0, 0.05) is 22.9 Å². The molecule has 0 aliphatic rings. The summed E-state index contributed by atoms with van der Waals surface area (Å²) in [6, 6.07) is 16.7. The van der Waals surface area contributed by atoms with Gasteiger partial charge in [0.1, 0.15) is 33.6 Å². The van der Waals surface area contributed by atoms with Crippen LogP contribution in [0.2, 0.25) is 0 Å². The van der Waals surface area contributed by atoms with Crippen LogP contribution in [0.1, 0.15) is 16.1 Å². The molecule has 0 aliphatic heterocycles. The Bertz CT molecular complexity index is 1110. The molecule has 28 heavy (non-hydrogen) atoms. The maximum Gasteiger partial charge on any atom is 0.143 e. The van der Waals surface area contributed by atoms with E-state index in [9.17, 15) is 14.8 Å². The standard InChI is InChI=1S/C21H13ClFN3OS/c22-15(10-24)9-14-3-1-2-4-17(14)20(27)18(11-25)21-26-19(12-28-21)13-5-7-16(23)8-6-13/h1-8,12,15,27H,9H2/b20-18-. The molecule has 1 N–H and O–H groups in total. The van der Waals surface area contributed by atoms with E-state index < -0.39 is 5.38 Å². The van der Waals surface area contributed by atoms with Crippen molar-refractivity contribution in [2.24, 2.45) is 0 Å². The van der Waals surface area contributed by atoms with Crippen LogP contribution in [0.4, 0.5) is 4.39 Å². The number of thiazole rings is 1. The first-order valence-corrected chi connectivity index (χ1v) is 9.52. The smallest absolute Gasteiger partial charge is 0.143 e. The third-order valence-electron chi connectivity index (χ3n) is 4.02. The highest BCUT2D eigenvalue weighted by atomic mass is 35.5. The Morgan fingerprint density at radius 2 is 1.89 bits per heavy atom. The van der Waals surface area contributed by atoms with Gasteiger partial charge in [-0.25, -0.2) is 9.37 Å². The maximum absolute atomic E-state index is 13.1. The summed E-state index contributed by atoms with van der Waals surface area (Å²) in [4.78, 5) is 4.41. The Labute approximate surface area is 170 Å². The SMILES string of the molecule is N#C/C(=C(/O)c1ccccc1CC(Cl)C#N)c1nc(-c2ccc(F)cc2)cs1. The van der Waals surface area contributed by atoms with Crippen molar-refractivity contribution in [2.75, 3.05) is 0 Å². The largest absolute Gasteiger partial charge is 0.506 e. The number of halogens is 2. The average Bonchev–Trinajstić information content (AvgIpc) is 3.19. The van der Waals surface area contributed by atoms with Crippen molar-refractivity contribution in [1.82, 2.24) is 4.98 Å². The highest BCUT2D eigenvalue weighted by Crippen LogP contribution is 2.31. The lowest BCUT2D eigenvalue weighted by molar-refractivity contribution is 0.513. The summed E-state index contributed by atoms with van der Waals surface area (Å²) in [6.45, 7) is 0. The van der Waals surface area contributed by atoms with Crippen LogP contribution in [-0.2, 0) is 6.42 Å². The summed E-state index contributed by atoms with van der Waals surface area (Å²) < 4.78 is 13.1. The lowest BCUT2D eigenvalue weighted by atomic mass is 9.99. The normalized spacial score (nSPS) is 12.6. The quantitative estimate of drug-likeness (QED) is 0.339. The number of nitrogens with zero attached hydrogens (tertiary/aromatic N) is 3. The van der Waals surface area contributed by atoms with Crippen LogP contribution in [0, 0.1) is 28.5 Å². The number of alkyl halides is 1. The van der Waals surface area contributed by atoms with Crippen LogP contribution in [0.5, 0.6) is 0 Å². The molecule has 3 aromatic rings. The molecule has 0 radical (unpaired) electrons. The molecule has 0 spiro atoms. The van der Waals surface area contributed by atoms with Crippen LogP contribution in [0.3, 0.4) is 0 Å². The first-order chi connectivity index (χ1) is 13.5. The maximum atomic E-state index is 13.1. The molecule has 1 heterocycles. The molecule has 0 saturated carbocycles. The predicted molar refractivity (Wildman–Crippen MR) is 108 cm³/mol. The Morgan fingerprint density at radius 3 is 2.57 bits per heavy atom. The summed E-state index contributed by atoms with van der Waals surface area (Å²) in [5, 5.41) is 30.7. The van der Waals surface area contributed by atoms with Gasteiger partial charge in [0.2, 0.25) is 0 Å². The summed E-state index contributed by atoms with van der Waals surface area (Å²) in [7, 11) is 0. The van der Waals surface area contributed by atoms with Gasteiger partial charge in [0.25, 0.3) is 0 Å². The van der Waals surface area contributed by atoms with Gasteiger partial charge in [-0.05, 0) is 29.8 Å². The molecule has 7 heteroatoms. The molecule has 3 rings (SSSR count). The lowest BCUT2D eigenvalue weighted by Gasteiger charge is -2.10. The first kappa shape index (κ1) is 19.6. The molecule has 0 fully saturated rings. The Morgan fingerprint density at radius 1 is 1.18 bits per heavy atom. The Kier molecular flexibility index (Phi) is 6.06. The van der Waals surface area contributed by atoms with E-state index in [2.05, 4.69) is 4.98 Å². The predicted octanol–water partition coefficient (Wildman–Crippen LogP) is 5.57. The van der Waals surface area contributed by atoms with Gasteiger partial charge in [0.15, 0.2) is 0 Å². The van der Waals surface area contributed by atoms with Gasteiger partial charge in [-0.1, -0.05) is 24.3 Å². The monoisotopic (exact) mass is 409 g/mol. The van der Waals surface area contributed by atoms with Crippen molar-refractivity contribution in [3.63, 3.8) is 0 Å². The van der Waals surface area contributed by atoms with E-state index in [4.69, 9.17) is 16.9 Å². The van der Waals surface area contributed by atoms with Gasteiger partial charge in [-0.15, -0.1) is 22.9 Å². The van der Waals surface area contributed by atoms with E-state index in [1.165, 1.54) is 23.5 Å². The van der Waals surface area contributed by atoms with Gasteiger partial charge < -0.3 is 5.11 Å². The number of aliphatic hydroxyl groups excluding tert-OH is 1. The number of aromatic nitrogens is 1. The van der Waals surface area contributed by atoms with Crippen LogP contribution in [0.25, 0.3) is 22.6 Å². The zero-order valence-corrected chi connectivity index (χ0v) is 16.0. The van der Waals surface area contributed by atoms with Gasteiger partial charge in [-0.3, -0.25) is 0 Å². The van der Waals surface area contributed by atoms with E-state index in [1.54, 1.807) is 41.8 Å². The zero-order chi connectivity index (χ0) is 20.1. The minimum atomic E-state index is -0.746. The van der Waals surface area contributed by atoms with Crippen LogP contribution < -0.4 is 0 Å². The summed E-state index contributed by atoms with van der Waals surface area (Å²) in [6.07, 6.45) is 0.232. The van der Waals surface area contributed by atoms with Crippen LogP contribution in [-0.4, -0.2) is 15.5 Å². The van der Waals surface area contributed by atoms with Crippen LogP contribution >= 0.6 is 22.9 Å². The summed E-state index contributed by atoms with van der Waals surface area (Å²) in [5.74, 6) is -0.569. The number of benzene rings is 2. The number of nitriles is 2.